The van der Waals surface area contributed by atoms with Crippen LogP contribution < -0.4 is 10.1 Å². The van der Waals surface area contributed by atoms with Gasteiger partial charge in [0.1, 0.15) is 11.6 Å². The zero-order valence-electron chi connectivity index (χ0n) is 15.1. The summed E-state index contributed by atoms with van der Waals surface area (Å²) >= 11 is 0. The maximum absolute atomic E-state index is 13.1. The zero-order valence-corrected chi connectivity index (χ0v) is 15.1. The largest absolute Gasteiger partial charge is 0.497 e. The molecule has 2 fully saturated rings. The molecule has 134 valence electrons. The molecule has 4 nitrogen and oxygen atoms in total. The summed E-state index contributed by atoms with van der Waals surface area (Å²) in [4.78, 5) is 17.7. The van der Waals surface area contributed by atoms with Gasteiger partial charge in [0.25, 0.3) is 0 Å². The fraction of sp³-hybridized carbons (Fsp3) is 0.455. The fourth-order valence-corrected chi connectivity index (χ4v) is 4.36. The van der Waals surface area contributed by atoms with E-state index in [0.717, 1.165) is 41.1 Å². The summed E-state index contributed by atoms with van der Waals surface area (Å²) in [5, 5.41) is 3.08. The molecule has 3 aliphatic rings. The highest BCUT2D eigenvalue weighted by Crippen LogP contribution is 2.53. The quantitative estimate of drug-likeness (QED) is 0.833. The van der Waals surface area contributed by atoms with E-state index in [0.29, 0.717) is 11.8 Å². The number of benzene rings is 1. The van der Waals surface area contributed by atoms with E-state index in [1.54, 1.807) is 7.11 Å². The molecule has 5 rings (SSSR count). The van der Waals surface area contributed by atoms with Crippen LogP contribution in [0.2, 0.25) is 0 Å². The van der Waals surface area contributed by atoms with Crippen LogP contribution in [-0.2, 0) is 10.2 Å². The van der Waals surface area contributed by atoms with E-state index in [4.69, 9.17) is 4.74 Å². The predicted octanol–water partition coefficient (Wildman–Crippen LogP) is 4.55. The number of rotatable bonds is 6. The number of carbonyl (C=O) groups excluding carboxylic acids is 1. The molecule has 0 atom stereocenters. The second-order valence-corrected chi connectivity index (χ2v) is 8.18. The first kappa shape index (κ1) is 15.9. The van der Waals surface area contributed by atoms with Crippen LogP contribution in [-0.4, -0.2) is 18.0 Å². The molecule has 1 amide bonds. The Bertz CT molecular complexity index is 854. The van der Waals surface area contributed by atoms with Crippen molar-refractivity contribution in [2.75, 3.05) is 12.4 Å². The van der Waals surface area contributed by atoms with Gasteiger partial charge in [-0.1, -0.05) is 37.8 Å². The Hall–Kier alpha value is -2.36. The Balaban J connectivity index is 1.58. The third kappa shape index (κ3) is 2.68. The Morgan fingerprint density at radius 1 is 1.12 bits per heavy atom. The summed E-state index contributed by atoms with van der Waals surface area (Å²) < 4.78 is 5.36. The maximum atomic E-state index is 13.1. The van der Waals surface area contributed by atoms with Crippen LogP contribution in [0.5, 0.6) is 5.75 Å². The third-order valence-electron chi connectivity index (χ3n) is 6.14. The number of nitrogens with one attached hydrogen (secondary N) is 1. The minimum atomic E-state index is -0.375. The molecular weight excluding hydrogens is 324 g/mol. The number of nitrogens with zero attached hydrogens (tertiary/aromatic N) is 1. The average molecular weight is 348 g/mol. The minimum Gasteiger partial charge on any atom is -0.497 e. The van der Waals surface area contributed by atoms with E-state index in [1.807, 2.05) is 24.4 Å². The van der Waals surface area contributed by atoms with Crippen molar-refractivity contribution in [3.63, 3.8) is 0 Å². The van der Waals surface area contributed by atoms with Crippen molar-refractivity contribution in [2.45, 2.75) is 43.9 Å². The first-order valence-electron chi connectivity index (χ1n) is 9.64. The van der Waals surface area contributed by atoms with Crippen molar-refractivity contribution in [3.05, 3.63) is 42.1 Å². The molecule has 1 N–H and O–H groups in total. The number of hydrogen-bond acceptors (Lipinski definition) is 3. The SMILES string of the molecule is COc1cccc(-c2cnc3c(c2)C(CC2CC2)(CC2CC2)C(=O)N3)c1. The van der Waals surface area contributed by atoms with E-state index in [2.05, 4.69) is 22.4 Å². The van der Waals surface area contributed by atoms with Crippen LogP contribution in [0, 0.1) is 11.8 Å². The van der Waals surface area contributed by atoms with Crippen molar-refractivity contribution < 1.29 is 9.53 Å². The number of ether oxygens (including phenoxy) is 1. The van der Waals surface area contributed by atoms with Crippen LogP contribution in [0.1, 0.15) is 44.1 Å². The lowest BCUT2D eigenvalue weighted by atomic mass is 9.73. The van der Waals surface area contributed by atoms with Crippen molar-refractivity contribution in [2.24, 2.45) is 11.8 Å². The van der Waals surface area contributed by atoms with Gasteiger partial charge in [-0.3, -0.25) is 4.79 Å². The standard InChI is InChI=1S/C22H24N2O2/c1-26-18-4-2-3-16(9-18)17-10-19-20(23-13-17)24-21(25)22(19,11-14-5-6-14)12-15-7-8-15/h2-4,9-10,13-15H,5-8,11-12H2,1H3,(H,23,24,25). The molecule has 4 heteroatoms. The molecule has 0 saturated heterocycles. The van der Waals surface area contributed by atoms with Crippen molar-refractivity contribution >= 4 is 11.7 Å². The summed E-state index contributed by atoms with van der Waals surface area (Å²) in [6.07, 6.45) is 8.86. The van der Waals surface area contributed by atoms with Gasteiger partial charge in [0.2, 0.25) is 5.91 Å². The van der Waals surface area contributed by atoms with E-state index in [-0.39, 0.29) is 11.3 Å². The Morgan fingerprint density at radius 2 is 1.85 bits per heavy atom. The number of amides is 1. The van der Waals surface area contributed by atoms with Gasteiger partial charge in [0.05, 0.1) is 12.5 Å². The third-order valence-corrected chi connectivity index (χ3v) is 6.14. The van der Waals surface area contributed by atoms with Gasteiger partial charge in [-0.2, -0.15) is 0 Å². The van der Waals surface area contributed by atoms with Crippen LogP contribution in [0.15, 0.2) is 36.5 Å². The fourth-order valence-electron chi connectivity index (χ4n) is 4.36. The molecule has 2 aliphatic carbocycles. The smallest absolute Gasteiger partial charge is 0.236 e. The molecule has 0 unspecified atom stereocenters. The minimum absolute atomic E-state index is 0.168. The molecule has 0 radical (unpaired) electrons. The van der Waals surface area contributed by atoms with Gasteiger partial charge in [0.15, 0.2) is 0 Å². The van der Waals surface area contributed by atoms with Gasteiger partial charge in [-0.05, 0) is 48.4 Å². The van der Waals surface area contributed by atoms with E-state index < -0.39 is 0 Å². The van der Waals surface area contributed by atoms with Crippen LogP contribution in [0.3, 0.4) is 0 Å². The summed E-state index contributed by atoms with van der Waals surface area (Å²) in [7, 11) is 1.68. The average Bonchev–Trinajstić information content (AvgIpc) is 3.58. The number of methoxy groups -OCH3 is 1. The van der Waals surface area contributed by atoms with Gasteiger partial charge in [0, 0.05) is 17.3 Å². The molecule has 1 aliphatic heterocycles. The molecular formula is C22H24N2O2. The Labute approximate surface area is 154 Å². The second kappa shape index (κ2) is 5.83. The predicted molar refractivity (Wildman–Crippen MR) is 101 cm³/mol. The normalized spacial score (nSPS) is 20.6. The molecule has 1 aromatic carbocycles. The van der Waals surface area contributed by atoms with Gasteiger partial charge in [-0.25, -0.2) is 4.98 Å². The van der Waals surface area contributed by atoms with Gasteiger partial charge >= 0.3 is 0 Å². The lowest BCUT2D eigenvalue weighted by Crippen LogP contribution is -2.35. The van der Waals surface area contributed by atoms with Gasteiger partial charge < -0.3 is 10.1 Å². The number of fused-ring (bicyclic) bond motifs is 1. The Morgan fingerprint density at radius 3 is 2.50 bits per heavy atom. The highest BCUT2D eigenvalue weighted by atomic mass is 16.5. The monoisotopic (exact) mass is 348 g/mol. The van der Waals surface area contributed by atoms with E-state index in [1.165, 1.54) is 25.7 Å². The highest BCUT2D eigenvalue weighted by molar-refractivity contribution is 6.05. The van der Waals surface area contributed by atoms with Gasteiger partial charge in [-0.15, -0.1) is 0 Å². The van der Waals surface area contributed by atoms with Crippen LogP contribution in [0.25, 0.3) is 11.1 Å². The first-order chi connectivity index (χ1) is 12.7. The Kier molecular flexibility index (Phi) is 3.56. The van der Waals surface area contributed by atoms with E-state index in [9.17, 15) is 4.79 Å². The lowest BCUT2D eigenvalue weighted by Gasteiger charge is -2.27. The first-order valence-corrected chi connectivity index (χ1v) is 9.64. The number of aromatic nitrogens is 1. The molecule has 26 heavy (non-hydrogen) atoms. The van der Waals surface area contributed by atoms with Crippen molar-refractivity contribution in [1.29, 1.82) is 0 Å². The topological polar surface area (TPSA) is 51.2 Å². The van der Waals surface area contributed by atoms with E-state index >= 15 is 0 Å². The summed E-state index contributed by atoms with van der Waals surface area (Å²) in [6, 6.07) is 10.2. The highest BCUT2D eigenvalue weighted by Gasteiger charge is 2.52. The summed E-state index contributed by atoms with van der Waals surface area (Å²) in [5.41, 5.74) is 2.86. The number of carbonyl (C=O) groups is 1. The molecule has 0 spiro atoms. The maximum Gasteiger partial charge on any atom is 0.236 e. The van der Waals surface area contributed by atoms with Crippen molar-refractivity contribution in [3.8, 4) is 16.9 Å². The number of hydrogen-bond donors (Lipinski definition) is 1. The second-order valence-electron chi connectivity index (χ2n) is 8.18. The summed E-state index contributed by atoms with van der Waals surface area (Å²) in [6.45, 7) is 0. The van der Waals surface area contributed by atoms with Crippen molar-refractivity contribution in [1.82, 2.24) is 4.98 Å². The van der Waals surface area contributed by atoms with Crippen LogP contribution in [0.4, 0.5) is 5.82 Å². The van der Waals surface area contributed by atoms with Crippen LogP contribution >= 0.6 is 0 Å². The number of pyridine rings is 1. The lowest BCUT2D eigenvalue weighted by molar-refractivity contribution is -0.121. The zero-order chi connectivity index (χ0) is 17.7. The molecule has 2 heterocycles. The molecule has 0 bridgehead atoms. The molecule has 2 aromatic rings. The number of anilines is 1. The molecule has 2 saturated carbocycles. The molecule has 1 aromatic heterocycles. The summed E-state index contributed by atoms with van der Waals surface area (Å²) in [5.74, 6) is 3.17.